The van der Waals surface area contributed by atoms with E-state index in [-0.39, 0.29) is 22.0 Å². The van der Waals surface area contributed by atoms with Crippen LogP contribution < -0.4 is 4.74 Å². The van der Waals surface area contributed by atoms with Gasteiger partial charge in [-0.15, -0.1) is 0 Å². The summed E-state index contributed by atoms with van der Waals surface area (Å²) in [5.41, 5.74) is 1.71. The van der Waals surface area contributed by atoms with Crippen molar-refractivity contribution in [2.45, 2.75) is 13.2 Å². The second kappa shape index (κ2) is 10.3. The van der Waals surface area contributed by atoms with Gasteiger partial charge in [-0.1, -0.05) is 71.7 Å². The molecule has 0 aliphatic carbocycles. The van der Waals surface area contributed by atoms with Gasteiger partial charge in [0.2, 0.25) is 0 Å². The number of carbonyl (C=O) groups is 2. The molecule has 1 heterocycles. The molecule has 1 fully saturated rings. The van der Waals surface area contributed by atoms with Crippen molar-refractivity contribution in [3.05, 3.63) is 116 Å². The summed E-state index contributed by atoms with van der Waals surface area (Å²) in [5.74, 6) is -0.522. The van der Waals surface area contributed by atoms with Crippen LogP contribution >= 0.6 is 35.0 Å². The quantitative estimate of drug-likeness (QED) is 0.233. The van der Waals surface area contributed by atoms with Crippen LogP contribution in [-0.4, -0.2) is 16.0 Å². The van der Waals surface area contributed by atoms with Gasteiger partial charge in [0.1, 0.15) is 18.2 Å². The first-order valence-electron chi connectivity index (χ1n) is 11.0. The van der Waals surface area contributed by atoms with Gasteiger partial charge < -0.3 is 4.74 Å². The van der Waals surface area contributed by atoms with Gasteiger partial charge in [0.25, 0.3) is 11.1 Å². The average Bonchev–Trinajstić information content (AvgIpc) is 3.14. The molecule has 1 saturated heterocycles. The van der Waals surface area contributed by atoms with Gasteiger partial charge in [-0.3, -0.25) is 14.5 Å². The number of fused-ring (bicyclic) bond motifs is 1. The lowest BCUT2D eigenvalue weighted by Gasteiger charge is -2.14. The first-order valence-corrected chi connectivity index (χ1v) is 12.5. The number of rotatable bonds is 6. The minimum absolute atomic E-state index is 0.0971. The Hall–Kier alpha value is -3.32. The van der Waals surface area contributed by atoms with Crippen LogP contribution in [0.2, 0.25) is 10.0 Å². The van der Waals surface area contributed by atoms with Gasteiger partial charge in [0.05, 0.1) is 11.4 Å². The van der Waals surface area contributed by atoms with Crippen molar-refractivity contribution in [3.8, 4) is 5.75 Å². The van der Waals surface area contributed by atoms with Crippen molar-refractivity contribution in [1.82, 2.24) is 4.90 Å². The third kappa shape index (κ3) is 4.98. The second-order valence-corrected chi connectivity index (χ2v) is 9.92. The van der Waals surface area contributed by atoms with Crippen LogP contribution in [0.3, 0.4) is 0 Å². The molecule has 2 amide bonds. The number of hydrogen-bond acceptors (Lipinski definition) is 4. The molecule has 0 atom stereocenters. The first kappa shape index (κ1) is 24.4. The smallest absolute Gasteiger partial charge is 0.293 e. The highest BCUT2D eigenvalue weighted by Crippen LogP contribution is 2.38. The molecule has 1 aliphatic rings. The monoisotopic (exact) mass is 537 g/mol. The maximum Gasteiger partial charge on any atom is 0.293 e. The molecule has 4 nitrogen and oxygen atoms in total. The predicted molar refractivity (Wildman–Crippen MR) is 143 cm³/mol. The maximum absolute atomic E-state index is 14.3. The minimum Gasteiger partial charge on any atom is -0.488 e. The van der Waals surface area contributed by atoms with E-state index >= 15 is 0 Å². The number of benzene rings is 4. The van der Waals surface area contributed by atoms with Gasteiger partial charge in [0.15, 0.2) is 0 Å². The highest BCUT2D eigenvalue weighted by molar-refractivity contribution is 8.18. The number of carbonyl (C=O) groups excluding carboxylic acids is 2. The molecule has 0 aromatic heterocycles. The van der Waals surface area contributed by atoms with Crippen LogP contribution in [0.25, 0.3) is 16.8 Å². The Morgan fingerprint density at radius 1 is 0.917 bits per heavy atom. The third-order valence-corrected chi connectivity index (χ3v) is 7.28. The summed E-state index contributed by atoms with van der Waals surface area (Å²) >= 11 is 12.9. The minimum atomic E-state index is -0.572. The largest absolute Gasteiger partial charge is 0.488 e. The lowest BCUT2D eigenvalue weighted by Crippen LogP contribution is -2.28. The number of nitrogens with zero attached hydrogens (tertiary/aromatic N) is 1. The SMILES string of the molecule is O=C1S/C(=C/c2c(OCc3ccc(Cl)cc3)ccc3ccccc23)C(=O)N1Cc1c(F)cccc1Cl. The van der Waals surface area contributed by atoms with E-state index < -0.39 is 17.0 Å². The molecular formula is C28H18Cl2FNO3S. The van der Waals surface area contributed by atoms with Crippen LogP contribution in [0.1, 0.15) is 16.7 Å². The van der Waals surface area contributed by atoms with E-state index in [4.69, 9.17) is 27.9 Å². The molecule has 0 bridgehead atoms. The molecule has 36 heavy (non-hydrogen) atoms. The van der Waals surface area contributed by atoms with Crippen molar-refractivity contribution >= 4 is 63.0 Å². The van der Waals surface area contributed by atoms with E-state index in [1.807, 2.05) is 48.5 Å². The number of ether oxygens (including phenoxy) is 1. The summed E-state index contributed by atoms with van der Waals surface area (Å²) in [4.78, 5) is 27.1. The van der Waals surface area contributed by atoms with Crippen molar-refractivity contribution in [3.63, 3.8) is 0 Å². The molecular weight excluding hydrogens is 520 g/mol. The topological polar surface area (TPSA) is 46.6 Å². The Labute approximate surface area is 221 Å². The van der Waals surface area contributed by atoms with Crippen LogP contribution in [-0.2, 0) is 17.9 Å². The number of amides is 2. The third-order valence-electron chi connectivity index (χ3n) is 5.77. The summed E-state index contributed by atoms with van der Waals surface area (Å²) in [5, 5.41) is 2.13. The molecule has 0 saturated carbocycles. The Kier molecular flexibility index (Phi) is 7.01. The number of hydrogen-bond donors (Lipinski definition) is 0. The standard InChI is InChI=1S/C28H18Cl2FNO3S/c29-19-11-8-17(9-12-19)16-35-25-13-10-18-4-1-2-5-20(18)21(25)14-26-27(33)32(28(34)36-26)15-22-23(30)6-3-7-24(22)31/h1-14H,15-16H2/b26-14+. The van der Waals surface area contributed by atoms with Crippen LogP contribution in [0, 0.1) is 5.82 Å². The fourth-order valence-corrected chi connectivity index (χ4v) is 5.07. The van der Waals surface area contributed by atoms with Crippen LogP contribution in [0.4, 0.5) is 9.18 Å². The maximum atomic E-state index is 14.3. The zero-order chi connectivity index (χ0) is 25.2. The van der Waals surface area contributed by atoms with Crippen LogP contribution in [0.5, 0.6) is 5.75 Å². The average molecular weight is 538 g/mol. The number of halogens is 3. The lowest BCUT2D eigenvalue weighted by atomic mass is 10.0. The predicted octanol–water partition coefficient (Wildman–Crippen LogP) is 8.10. The molecule has 5 rings (SSSR count). The summed E-state index contributed by atoms with van der Waals surface area (Å²) in [7, 11) is 0. The zero-order valence-electron chi connectivity index (χ0n) is 18.7. The Morgan fingerprint density at radius 2 is 1.69 bits per heavy atom. The Balaban J connectivity index is 1.49. The number of thioether (sulfide) groups is 1. The van der Waals surface area contributed by atoms with E-state index in [0.29, 0.717) is 22.9 Å². The summed E-state index contributed by atoms with van der Waals surface area (Å²) < 4.78 is 20.4. The van der Waals surface area contributed by atoms with E-state index in [1.165, 1.54) is 18.2 Å². The highest BCUT2D eigenvalue weighted by atomic mass is 35.5. The van der Waals surface area contributed by atoms with Gasteiger partial charge in [0, 0.05) is 21.2 Å². The molecule has 180 valence electrons. The van der Waals surface area contributed by atoms with Crippen molar-refractivity contribution in [1.29, 1.82) is 0 Å². The Bertz CT molecular complexity index is 1500. The molecule has 0 N–H and O–H groups in total. The molecule has 4 aromatic rings. The lowest BCUT2D eigenvalue weighted by molar-refractivity contribution is -0.123. The summed E-state index contributed by atoms with van der Waals surface area (Å²) in [6.45, 7) is 0.0482. The normalized spacial score (nSPS) is 14.8. The first-order chi connectivity index (χ1) is 17.4. The highest BCUT2D eigenvalue weighted by Gasteiger charge is 2.36. The number of imide groups is 1. The van der Waals surface area contributed by atoms with E-state index in [1.54, 1.807) is 18.2 Å². The molecule has 4 aromatic carbocycles. The van der Waals surface area contributed by atoms with Gasteiger partial charge in [-0.2, -0.15) is 0 Å². The van der Waals surface area contributed by atoms with E-state index in [2.05, 4.69) is 0 Å². The summed E-state index contributed by atoms with van der Waals surface area (Å²) in [6.07, 6.45) is 1.66. The molecule has 1 aliphatic heterocycles. The fraction of sp³-hybridized carbons (Fsp3) is 0.0714. The van der Waals surface area contributed by atoms with Gasteiger partial charge in [-0.05, 0) is 64.5 Å². The second-order valence-electron chi connectivity index (χ2n) is 8.08. The van der Waals surface area contributed by atoms with Crippen molar-refractivity contribution in [2.75, 3.05) is 0 Å². The van der Waals surface area contributed by atoms with Crippen molar-refractivity contribution < 1.29 is 18.7 Å². The van der Waals surface area contributed by atoms with E-state index in [9.17, 15) is 14.0 Å². The van der Waals surface area contributed by atoms with Crippen molar-refractivity contribution in [2.24, 2.45) is 0 Å². The van der Waals surface area contributed by atoms with Gasteiger partial charge >= 0.3 is 0 Å². The Morgan fingerprint density at radius 3 is 2.47 bits per heavy atom. The molecule has 0 spiro atoms. The zero-order valence-corrected chi connectivity index (χ0v) is 21.0. The molecule has 0 radical (unpaired) electrons. The molecule has 8 heteroatoms. The van der Waals surface area contributed by atoms with E-state index in [0.717, 1.165) is 33.0 Å². The summed E-state index contributed by atoms with van der Waals surface area (Å²) in [6, 6.07) is 23.1. The van der Waals surface area contributed by atoms with Gasteiger partial charge in [-0.25, -0.2) is 4.39 Å². The van der Waals surface area contributed by atoms with Crippen LogP contribution in [0.15, 0.2) is 83.8 Å². The molecule has 0 unspecified atom stereocenters. The fourth-order valence-electron chi connectivity index (χ4n) is 3.90.